The van der Waals surface area contributed by atoms with E-state index in [4.69, 9.17) is 5.84 Å². The standard InChI is InChI=1S/C11H12F2N2/c12-7-1-2-9(13)8(3-7)10-4-11(5-10,6-10)15-14/h1-3,15H,4-6,14H2. The van der Waals surface area contributed by atoms with E-state index in [0.29, 0.717) is 5.56 Å². The number of benzene rings is 1. The molecule has 0 atom stereocenters. The second-order valence-electron chi connectivity index (χ2n) is 4.86. The summed E-state index contributed by atoms with van der Waals surface area (Å²) in [6, 6.07) is 3.67. The second-order valence-corrected chi connectivity index (χ2v) is 4.86. The fourth-order valence-electron chi connectivity index (χ4n) is 3.13. The van der Waals surface area contributed by atoms with Gasteiger partial charge in [0.25, 0.3) is 0 Å². The van der Waals surface area contributed by atoms with Crippen LogP contribution in [0.15, 0.2) is 18.2 Å². The Hall–Kier alpha value is -1.00. The van der Waals surface area contributed by atoms with E-state index in [2.05, 4.69) is 5.43 Å². The van der Waals surface area contributed by atoms with Crippen molar-refractivity contribution in [3.05, 3.63) is 35.4 Å². The van der Waals surface area contributed by atoms with E-state index < -0.39 is 0 Å². The molecular formula is C11H12F2N2. The Labute approximate surface area is 86.4 Å². The first kappa shape index (κ1) is 9.24. The van der Waals surface area contributed by atoms with Crippen molar-refractivity contribution in [1.29, 1.82) is 0 Å². The number of halogens is 2. The van der Waals surface area contributed by atoms with Crippen LogP contribution in [0.1, 0.15) is 24.8 Å². The summed E-state index contributed by atoms with van der Waals surface area (Å²) in [4.78, 5) is 0. The topological polar surface area (TPSA) is 38.0 Å². The van der Waals surface area contributed by atoms with Gasteiger partial charge in [-0.2, -0.15) is 0 Å². The van der Waals surface area contributed by atoms with Gasteiger partial charge in [-0.15, -0.1) is 0 Å². The van der Waals surface area contributed by atoms with E-state index in [9.17, 15) is 8.78 Å². The molecule has 0 spiro atoms. The number of nitrogens with one attached hydrogen (secondary N) is 1. The van der Waals surface area contributed by atoms with Crippen molar-refractivity contribution in [3.8, 4) is 0 Å². The van der Waals surface area contributed by atoms with E-state index in [1.54, 1.807) is 0 Å². The van der Waals surface area contributed by atoms with Gasteiger partial charge >= 0.3 is 0 Å². The van der Waals surface area contributed by atoms with Crippen LogP contribution in [0.4, 0.5) is 8.78 Å². The van der Waals surface area contributed by atoms with Crippen LogP contribution in [0.25, 0.3) is 0 Å². The monoisotopic (exact) mass is 210 g/mol. The predicted molar refractivity (Wildman–Crippen MR) is 51.9 cm³/mol. The molecule has 0 aliphatic heterocycles. The SMILES string of the molecule is NNC12CC(c3cc(F)ccc3F)(C1)C2. The Balaban J connectivity index is 1.93. The van der Waals surface area contributed by atoms with Gasteiger partial charge < -0.3 is 0 Å². The maximum absolute atomic E-state index is 13.5. The highest BCUT2D eigenvalue weighted by molar-refractivity contribution is 5.42. The first-order chi connectivity index (χ1) is 7.09. The highest BCUT2D eigenvalue weighted by atomic mass is 19.1. The largest absolute Gasteiger partial charge is 0.271 e. The molecule has 80 valence electrons. The molecule has 0 aromatic heterocycles. The fraction of sp³-hybridized carbons (Fsp3) is 0.455. The lowest BCUT2D eigenvalue weighted by molar-refractivity contribution is -0.0903. The molecule has 2 nitrogen and oxygen atoms in total. The first-order valence-electron chi connectivity index (χ1n) is 5.03. The molecule has 0 unspecified atom stereocenters. The molecule has 15 heavy (non-hydrogen) atoms. The van der Waals surface area contributed by atoms with Gasteiger partial charge in [0.05, 0.1) is 0 Å². The molecule has 1 aromatic carbocycles. The zero-order valence-electron chi connectivity index (χ0n) is 8.19. The Morgan fingerprint density at radius 3 is 2.47 bits per heavy atom. The average molecular weight is 210 g/mol. The molecule has 3 aliphatic rings. The third-order valence-electron chi connectivity index (χ3n) is 3.84. The molecule has 4 rings (SSSR count). The molecule has 0 amide bonds. The minimum absolute atomic E-state index is 0.00123. The minimum atomic E-state index is -0.370. The quantitative estimate of drug-likeness (QED) is 0.574. The van der Waals surface area contributed by atoms with Crippen LogP contribution in [0, 0.1) is 11.6 Å². The molecule has 3 N–H and O–H groups in total. The van der Waals surface area contributed by atoms with Gasteiger partial charge in [0.2, 0.25) is 0 Å². The summed E-state index contributed by atoms with van der Waals surface area (Å²) in [7, 11) is 0. The van der Waals surface area contributed by atoms with Crippen molar-refractivity contribution in [2.75, 3.05) is 0 Å². The molecule has 1 aromatic rings. The van der Waals surface area contributed by atoms with Gasteiger partial charge in [-0.3, -0.25) is 11.3 Å². The minimum Gasteiger partial charge on any atom is -0.271 e. The van der Waals surface area contributed by atoms with E-state index >= 15 is 0 Å². The molecule has 0 radical (unpaired) electrons. The summed E-state index contributed by atoms with van der Waals surface area (Å²) in [5.74, 6) is 4.72. The molecule has 3 aliphatic carbocycles. The summed E-state index contributed by atoms with van der Waals surface area (Å²) < 4.78 is 26.5. The lowest BCUT2D eigenvalue weighted by Crippen LogP contribution is -2.77. The summed E-state index contributed by atoms with van der Waals surface area (Å²) in [5, 5.41) is 0. The van der Waals surface area contributed by atoms with Gasteiger partial charge in [-0.1, -0.05) is 0 Å². The van der Waals surface area contributed by atoms with Crippen molar-refractivity contribution < 1.29 is 8.78 Å². The Bertz CT molecular complexity index is 411. The van der Waals surface area contributed by atoms with Crippen LogP contribution >= 0.6 is 0 Å². The molecule has 3 saturated carbocycles. The predicted octanol–water partition coefficient (Wildman–Crippen LogP) is 1.60. The second kappa shape index (κ2) is 2.57. The highest BCUT2D eigenvalue weighted by Crippen LogP contribution is 2.67. The Morgan fingerprint density at radius 1 is 1.20 bits per heavy atom. The van der Waals surface area contributed by atoms with Crippen LogP contribution in [0.2, 0.25) is 0 Å². The number of rotatable bonds is 2. The first-order valence-corrected chi connectivity index (χ1v) is 5.03. The molecule has 0 saturated heterocycles. The Kier molecular flexibility index (Phi) is 1.58. The highest BCUT2D eigenvalue weighted by Gasteiger charge is 2.68. The molecule has 3 fully saturated rings. The zero-order valence-corrected chi connectivity index (χ0v) is 8.19. The third kappa shape index (κ3) is 1.03. The van der Waals surface area contributed by atoms with E-state index in [1.807, 2.05) is 0 Å². The number of hydrazine groups is 1. The van der Waals surface area contributed by atoms with Gasteiger partial charge in [0.1, 0.15) is 11.6 Å². The summed E-state index contributed by atoms with van der Waals surface area (Å²) in [5.41, 5.74) is 3.11. The number of hydrogen-bond acceptors (Lipinski definition) is 2. The van der Waals surface area contributed by atoms with Crippen LogP contribution < -0.4 is 11.3 Å². The molecule has 4 heteroatoms. The van der Waals surface area contributed by atoms with E-state index in [0.717, 1.165) is 25.3 Å². The lowest BCUT2D eigenvalue weighted by atomic mass is 9.37. The van der Waals surface area contributed by atoms with Crippen molar-refractivity contribution in [2.45, 2.75) is 30.2 Å². The number of hydrogen-bond donors (Lipinski definition) is 2. The third-order valence-corrected chi connectivity index (χ3v) is 3.84. The van der Waals surface area contributed by atoms with Gasteiger partial charge in [0.15, 0.2) is 0 Å². The summed E-state index contributed by atoms with van der Waals surface area (Å²) in [6.45, 7) is 0. The summed E-state index contributed by atoms with van der Waals surface area (Å²) in [6.07, 6.45) is 2.45. The van der Waals surface area contributed by atoms with Crippen molar-refractivity contribution in [1.82, 2.24) is 5.43 Å². The normalized spacial score (nSPS) is 37.0. The number of nitrogens with two attached hydrogens (primary N) is 1. The van der Waals surface area contributed by atoms with Gasteiger partial charge in [-0.05, 0) is 43.0 Å². The van der Waals surface area contributed by atoms with Crippen LogP contribution in [-0.2, 0) is 5.41 Å². The van der Waals surface area contributed by atoms with Gasteiger partial charge in [0, 0.05) is 11.0 Å². The zero-order chi connectivity index (χ0) is 10.7. The van der Waals surface area contributed by atoms with Crippen molar-refractivity contribution >= 4 is 0 Å². The smallest absolute Gasteiger partial charge is 0.127 e. The van der Waals surface area contributed by atoms with Gasteiger partial charge in [-0.25, -0.2) is 8.78 Å². The van der Waals surface area contributed by atoms with Crippen LogP contribution in [0.3, 0.4) is 0 Å². The van der Waals surface area contributed by atoms with Crippen LogP contribution in [-0.4, -0.2) is 5.54 Å². The van der Waals surface area contributed by atoms with E-state index in [-0.39, 0.29) is 22.6 Å². The van der Waals surface area contributed by atoms with E-state index in [1.165, 1.54) is 12.1 Å². The average Bonchev–Trinajstić information content (AvgIpc) is 2.07. The fourth-order valence-corrected chi connectivity index (χ4v) is 3.13. The van der Waals surface area contributed by atoms with Crippen molar-refractivity contribution in [3.63, 3.8) is 0 Å². The maximum Gasteiger partial charge on any atom is 0.127 e. The molecular weight excluding hydrogens is 198 g/mol. The lowest BCUT2D eigenvalue weighted by Gasteiger charge is -2.70. The van der Waals surface area contributed by atoms with Crippen molar-refractivity contribution in [2.24, 2.45) is 5.84 Å². The Morgan fingerprint density at radius 2 is 1.87 bits per heavy atom. The van der Waals surface area contributed by atoms with Crippen LogP contribution in [0.5, 0.6) is 0 Å². The molecule has 2 bridgehead atoms. The summed E-state index contributed by atoms with van der Waals surface area (Å²) >= 11 is 0. The molecule has 0 heterocycles. The maximum atomic E-state index is 13.5.